The zero-order valence-corrected chi connectivity index (χ0v) is 15.0. The number of thiazole rings is 1. The van der Waals surface area contributed by atoms with Crippen LogP contribution in [0.15, 0.2) is 11.7 Å². The highest BCUT2D eigenvalue weighted by Crippen LogP contribution is 2.34. The first-order valence-corrected chi connectivity index (χ1v) is 9.39. The van der Waals surface area contributed by atoms with Crippen molar-refractivity contribution in [3.8, 4) is 0 Å². The van der Waals surface area contributed by atoms with Crippen LogP contribution < -0.4 is 0 Å². The lowest BCUT2D eigenvalue weighted by Gasteiger charge is -2.28. The van der Waals surface area contributed by atoms with Crippen molar-refractivity contribution >= 4 is 28.7 Å². The predicted molar refractivity (Wildman–Crippen MR) is 92.0 cm³/mol. The number of rotatable bonds is 5. The van der Waals surface area contributed by atoms with Gasteiger partial charge in [-0.05, 0) is 49.6 Å². The van der Waals surface area contributed by atoms with Crippen LogP contribution in [0.3, 0.4) is 0 Å². The lowest BCUT2D eigenvalue weighted by Crippen LogP contribution is -2.21. The van der Waals surface area contributed by atoms with Crippen LogP contribution in [0.1, 0.15) is 53.2 Å². The Kier molecular flexibility index (Phi) is 5.56. The fourth-order valence-corrected chi connectivity index (χ4v) is 4.25. The molecule has 2 aromatic rings. The van der Waals surface area contributed by atoms with Crippen LogP contribution in [0.5, 0.6) is 0 Å². The number of carbonyl (C=O) groups is 1. The minimum atomic E-state index is -0.407. The summed E-state index contributed by atoms with van der Waals surface area (Å²) >= 11 is 7.26. The molecule has 24 heavy (non-hydrogen) atoms. The molecule has 1 aliphatic rings. The molecule has 0 amide bonds. The molecule has 2 atom stereocenters. The second-order valence-electron chi connectivity index (χ2n) is 6.42. The van der Waals surface area contributed by atoms with Crippen molar-refractivity contribution < 1.29 is 9.18 Å². The van der Waals surface area contributed by atoms with Crippen molar-refractivity contribution in [2.24, 2.45) is 11.8 Å². The average molecular weight is 368 g/mol. The number of nitrogens with zero attached hydrogens (tertiary/aromatic N) is 3. The Hall–Kier alpha value is -1.40. The molecule has 128 valence electrons. The minimum absolute atomic E-state index is 0.0768. The van der Waals surface area contributed by atoms with Gasteiger partial charge in [0.1, 0.15) is 5.69 Å². The lowest BCUT2D eigenvalue weighted by molar-refractivity contribution is 0.0935. The second kappa shape index (κ2) is 7.66. The molecular weight excluding hydrogens is 349 g/mol. The fourth-order valence-electron chi connectivity index (χ4n) is 3.50. The summed E-state index contributed by atoms with van der Waals surface area (Å²) in [6.45, 7) is 1.93. The van der Waals surface area contributed by atoms with E-state index in [1.807, 2.05) is 6.92 Å². The summed E-state index contributed by atoms with van der Waals surface area (Å²) in [6, 6.07) is 0. The summed E-state index contributed by atoms with van der Waals surface area (Å²) < 4.78 is 13.8. The normalized spacial score (nSPS) is 21.0. The van der Waals surface area contributed by atoms with Gasteiger partial charge in [0.15, 0.2) is 11.6 Å². The van der Waals surface area contributed by atoms with Crippen molar-refractivity contribution in [3.05, 3.63) is 39.1 Å². The topological polar surface area (TPSA) is 55.7 Å². The Balaban J connectivity index is 1.61. The Morgan fingerprint density at radius 1 is 1.38 bits per heavy atom. The van der Waals surface area contributed by atoms with E-state index in [0.29, 0.717) is 36.1 Å². The maximum Gasteiger partial charge on any atom is 0.222 e. The van der Waals surface area contributed by atoms with Crippen LogP contribution >= 0.6 is 22.9 Å². The Labute approximate surface area is 149 Å². The molecule has 0 bridgehead atoms. The van der Waals surface area contributed by atoms with Crippen LogP contribution in [0.2, 0.25) is 5.28 Å². The lowest BCUT2D eigenvalue weighted by atomic mass is 9.77. The van der Waals surface area contributed by atoms with Gasteiger partial charge in [-0.2, -0.15) is 0 Å². The molecule has 4 nitrogen and oxygen atoms in total. The van der Waals surface area contributed by atoms with E-state index >= 15 is 0 Å². The Morgan fingerprint density at radius 2 is 2.17 bits per heavy atom. The molecule has 0 spiro atoms. The van der Waals surface area contributed by atoms with E-state index in [0.717, 1.165) is 36.8 Å². The van der Waals surface area contributed by atoms with Gasteiger partial charge in [-0.25, -0.2) is 19.3 Å². The maximum absolute atomic E-state index is 13.8. The second-order valence-corrected chi connectivity index (χ2v) is 7.82. The summed E-state index contributed by atoms with van der Waals surface area (Å²) in [7, 11) is 0. The van der Waals surface area contributed by atoms with E-state index in [1.54, 1.807) is 5.51 Å². The quantitative estimate of drug-likeness (QED) is 0.569. The summed E-state index contributed by atoms with van der Waals surface area (Å²) in [5, 5.41) is 0.0768. The van der Waals surface area contributed by atoms with Crippen LogP contribution in [0.25, 0.3) is 0 Å². The highest BCUT2D eigenvalue weighted by molar-refractivity contribution is 7.09. The van der Waals surface area contributed by atoms with E-state index in [9.17, 15) is 9.18 Å². The number of aromatic nitrogens is 3. The fraction of sp³-hybridized carbons (Fsp3) is 0.529. The first-order chi connectivity index (χ1) is 11.5. The van der Waals surface area contributed by atoms with Crippen LogP contribution in [0.4, 0.5) is 4.39 Å². The maximum atomic E-state index is 13.8. The van der Waals surface area contributed by atoms with Gasteiger partial charge >= 0.3 is 0 Å². The van der Waals surface area contributed by atoms with E-state index < -0.39 is 5.82 Å². The van der Waals surface area contributed by atoms with Gasteiger partial charge in [0, 0.05) is 11.3 Å². The van der Waals surface area contributed by atoms with Gasteiger partial charge in [0.05, 0.1) is 17.4 Å². The molecular formula is C17H19ClFN3OS. The van der Waals surface area contributed by atoms with Crippen molar-refractivity contribution in [1.82, 2.24) is 15.0 Å². The molecule has 2 aromatic heterocycles. The van der Waals surface area contributed by atoms with E-state index in [-0.39, 0.29) is 11.1 Å². The third kappa shape index (κ3) is 4.16. The van der Waals surface area contributed by atoms with Gasteiger partial charge < -0.3 is 0 Å². The molecule has 0 saturated heterocycles. The minimum Gasteiger partial charge on any atom is -0.292 e. The number of aryl methyl sites for hydroxylation is 1. The zero-order chi connectivity index (χ0) is 17.1. The Bertz CT molecular complexity index is 736. The standard InChI is InChI=1S/C17H19ClFN3OS/c1-10-16(21-9-24-10)15(23)7-12-4-2-3-11(5-12)6-14-13(19)8-20-17(18)22-14/h8-9,11-12H,2-7H2,1H3/t11-,12+/m1/s1. The molecule has 2 heterocycles. The highest BCUT2D eigenvalue weighted by atomic mass is 35.5. The van der Waals surface area contributed by atoms with E-state index in [2.05, 4.69) is 15.0 Å². The number of ketones is 1. The van der Waals surface area contributed by atoms with Gasteiger partial charge in [0.25, 0.3) is 0 Å². The number of hydrogen-bond donors (Lipinski definition) is 0. The third-order valence-electron chi connectivity index (χ3n) is 4.64. The van der Waals surface area contributed by atoms with Gasteiger partial charge in [-0.1, -0.05) is 12.8 Å². The number of hydrogen-bond acceptors (Lipinski definition) is 5. The van der Waals surface area contributed by atoms with Crippen molar-refractivity contribution in [2.75, 3.05) is 0 Å². The highest BCUT2D eigenvalue weighted by Gasteiger charge is 2.26. The van der Waals surface area contributed by atoms with Crippen molar-refractivity contribution in [3.63, 3.8) is 0 Å². The zero-order valence-electron chi connectivity index (χ0n) is 13.5. The molecule has 1 saturated carbocycles. The van der Waals surface area contributed by atoms with Crippen molar-refractivity contribution in [1.29, 1.82) is 0 Å². The molecule has 1 fully saturated rings. The molecule has 3 rings (SSSR count). The molecule has 0 aliphatic heterocycles. The molecule has 0 aromatic carbocycles. The third-order valence-corrected chi connectivity index (χ3v) is 5.58. The summed E-state index contributed by atoms with van der Waals surface area (Å²) in [5.74, 6) is 0.373. The van der Waals surface area contributed by atoms with Gasteiger partial charge in [-0.15, -0.1) is 11.3 Å². The van der Waals surface area contributed by atoms with E-state index in [1.165, 1.54) is 11.3 Å². The van der Waals surface area contributed by atoms with Gasteiger partial charge in [0.2, 0.25) is 5.28 Å². The summed E-state index contributed by atoms with van der Waals surface area (Å²) in [6.07, 6.45) is 6.23. The molecule has 0 N–H and O–H groups in total. The monoisotopic (exact) mass is 367 g/mol. The number of halogens is 2. The van der Waals surface area contributed by atoms with Crippen LogP contribution in [-0.2, 0) is 6.42 Å². The smallest absolute Gasteiger partial charge is 0.222 e. The number of carbonyl (C=O) groups excluding carboxylic acids is 1. The number of Topliss-reactive ketones (excluding diaryl/α,β-unsaturated/α-hetero) is 1. The SMILES string of the molecule is Cc1scnc1C(=O)C[C@H]1CCC[C@@H](Cc2nc(Cl)ncc2F)C1. The van der Waals surface area contributed by atoms with E-state index in [4.69, 9.17) is 11.6 Å². The van der Waals surface area contributed by atoms with Crippen LogP contribution in [0, 0.1) is 24.6 Å². The Morgan fingerprint density at radius 3 is 2.92 bits per heavy atom. The van der Waals surface area contributed by atoms with Gasteiger partial charge in [-0.3, -0.25) is 4.79 Å². The largest absolute Gasteiger partial charge is 0.292 e. The predicted octanol–water partition coefficient (Wildman–Crippen LogP) is 4.66. The first-order valence-electron chi connectivity index (χ1n) is 8.13. The van der Waals surface area contributed by atoms with Crippen LogP contribution in [-0.4, -0.2) is 20.7 Å². The molecule has 0 unspecified atom stereocenters. The van der Waals surface area contributed by atoms with Crippen molar-refractivity contribution in [2.45, 2.75) is 45.4 Å². The molecule has 7 heteroatoms. The summed E-state index contributed by atoms with van der Waals surface area (Å²) in [5.41, 5.74) is 2.70. The summed E-state index contributed by atoms with van der Waals surface area (Å²) in [4.78, 5) is 25.2. The first kappa shape index (κ1) is 17.4. The molecule has 0 radical (unpaired) electrons. The molecule has 1 aliphatic carbocycles. The average Bonchev–Trinajstić information content (AvgIpc) is 2.97.